The maximum Gasteiger partial charge on any atom is 0.248 e. The third-order valence-corrected chi connectivity index (χ3v) is 7.29. The fraction of sp³-hybridized carbons (Fsp3) is 0.333. The fourth-order valence-electron chi connectivity index (χ4n) is 4.64. The summed E-state index contributed by atoms with van der Waals surface area (Å²) >= 11 is 1.54. The maximum atomic E-state index is 13.8. The standard InChI is InChI=1S/C27H28N2O4S/c1-18-8-10-19(11-9-18)26(27(31)28-20-5-2-3-6-20)29(25(30)16-22-7-4-14-34-22)21-12-13-23-24(15-21)33-17-32-23/h4,7-15,20,26H,2-3,5-6,16-17H2,1H3,(H,28,31)/t26-/m0/s1. The summed E-state index contributed by atoms with van der Waals surface area (Å²) in [5, 5.41) is 5.18. The average Bonchev–Trinajstić information content (AvgIpc) is 3.61. The number of amides is 2. The molecule has 7 heteroatoms. The van der Waals surface area contributed by atoms with Crippen LogP contribution < -0.4 is 19.7 Å². The van der Waals surface area contributed by atoms with Crippen molar-refractivity contribution in [3.05, 3.63) is 76.0 Å². The van der Waals surface area contributed by atoms with E-state index in [1.165, 1.54) is 11.3 Å². The number of ether oxygens (including phenoxy) is 2. The van der Waals surface area contributed by atoms with Gasteiger partial charge in [0.05, 0.1) is 6.42 Å². The number of carbonyl (C=O) groups excluding carboxylic acids is 2. The molecular weight excluding hydrogens is 448 g/mol. The topological polar surface area (TPSA) is 67.9 Å². The number of benzene rings is 2. The van der Waals surface area contributed by atoms with Gasteiger partial charge in [-0.3, -0.25) is 14.5 Å². The third kappa shape index (κ3) is 4.80. The van der Waals surface area contributed by atoms with Crippen molar-refractivity contribution in [2.24, 2.45) is 0 Å². The molecule has 1 aliphatic carbocycles. The molecule has 1 fully saturated rings. The van der Waals surface area contributed by atoms with Crippen molar-refractivity contribution in [1.29, 1.82) is 0 Å². The van der Waals surface area contributed by atoms with Crippen molar-refractivity contribution in [3.63, 3.8) is 0 Å². The van der Waals surface area contributed by atoms with Crippen LogP contribution in [0.3, 0.4) is 0 Å². The lowest BCUT2D eigenvalue weighted by atomic mass is 10.0. The number of thiophene rings is 1. The number of anilines is 1. The average molecular weight is 477 g/mol. The van der Waals surface area contributed by atoms with Gasteiger partial charge in [0.2, 0.25) is 18.6 Å². The first kappa shape index (κ1) is 22.5. The van der Waals surface area contributed by atoms with Crippen LogP contribution in [0, 0.1) is 6.92 Å². The molecule has 0 radical (unpaired) electrons. The molecule has 6 nitrogen and oxygen atoms in total. The van der Waals surface area contributed by atoms with E-state index in [9.17, 15) is 9.59 Å². The van der Waals surface area contributed by atoms with Crippen molar-refractivity contribution in [2.75, 3.05) is 11.7 Å². The Bertz CT molecular complexity index is 1150. The second-order valence-corrected chi connectivity index (χ2v) is 9.89. The highest BCUT2D eigenvalue weighted by molar-refractivity contribution is 7.10. The lowest BCUT2D eigenvalue weighted by Crippen LogP contribution is -2.46. The number of hydrogen-bond acceptors (Lipinski definition) is 5. The molecule has 2 aromatic carbocycles. The number of aryl methyl sites for hydroxylation is 1. The third-order valence-electron chi connectivity index (χ3n) is 6.41. The van der Waals surface area contributed by atoms with Gasteiger partial charge in [-0.25, -0.2) is 0 Å². The highest BCUT2D eigenvalue weighted by atomic mass is 32.1. The van der Waals surface area contributed by atoms with Crippen LogP contribution in [0.25, 0.3) is 0 Å². The monoisotopic (exact) mass is 476 g/mol. The fourth-order valence-corrected chi connectivity index (χ4v) is 5.33. The maximum absolute atomic E-state index is 13.8. The summed E-state index contributed by atoms with van der Waals surface area (Å²) in [7, 11) is 0. The Kier molecular flexibility index (Phi) is 6.54. The zero-order valence-corrected chi connectivity index (χ0v) is 20.0. The molecular formula is C27H28N2O4S. The van der Waals surface area contributed by atoms with Gasteiger partial charge >= 0.3 is 0 Å². The van der Waals surface area contributed by atoms with Gasteiger partial charge in [0, 0.05) is 22.7 Å². The van der Waals surface area contributed by atoms with Crippen LogP contribution >= 0.6 is 11.3 Å². The van der Waals surface area contributed by atoms with Crippen LogP contribution in [0.5, 0.6) is 11.5 Å². The molecule has 2 aliphatic rings. The van der Waals surface area contributed by atoms with Crippen LogP contribution in [-0.4, -0.2) is 24.6 Å². The molecule has 0 unspecified atom stereocenters. The lowest BCUT2D eigenvalue weighted by Gasteiger charge is -2.32. The lowest BCUT2D eigenvalue weighted by molar-refractivity contribution is -0.127. The molecule has 1 aliphatic heterocycles. The molecule has 34 heavy (non-hydrogen) atoms. The van der Waals surface area contributed by atoms with Crippen LogP contribution in [0.2, 0.25) is 0 Å². The van der Waals surface area contributed by atoms with Crippen LogP contribution in [0.15, 0.2) is 60.0 Å². The van der Waals surface area contributed by atoms with Gasteiger partial charge < -0.3 is 14.8 Å². The molecule has 5 rings (SSSR count). The molecule has 2 amide bonds. The minimum Gasteiger partial charge on any atom is -0.454 e. The van der Waals surface area contributed by atoms with Gasteiger partial charge in [-0.2, -0.15) is 0 Å². The quantitative estimate of drug-likeness (QED) is 0.511. The summed E-state index contributed by atoms with van der Waals surface area (Å²) in [4.78, 5) is 30.2. The molecule has 1 saturated carbocycles. The van der Waals surface area contributed by atoms with Crippen molar-refractivity contribution in [2.45, 2.75) is 51.1 Å². The number of fused-ring (bicyclic) bond motifs is 1. The predicted molar refractivity (Wildman–Crippen MR) is 132 cm³/mol. The predicted octanol–water partition coefficient (Wildman–Crippen LogP) is 5.16. The van der Waals surface area contributed by atoms with E-state index in [0.717, 1.165) is 41.7 Å². The Morgan fingerprint density at radius 3 is 2.56 bits per heavy atom. The molecule has 0 spiro atoms. The number of hydrogen-bond donors (Lipinski definition) is 1. The Labute approximate surface area is 203 Å². The van der Waals surface area contributed by atoms with E-state index in [0.29, 0.717) is 17.2 Å². The van der Waals surface area contributed by atoms with Crippen molar-refractivity contribution < 1.29 is 19.1 Å². The van der Waals surface area contributed by atoms with Gasteiger partial charge in [-0.15, -0.1) is 11.3 Å². The summed E-state index contributed by atoms with van der Waals surface area (Å²) in [6, 6.07) is 16.5. The Morgan fingerprint density at radius 2 is 1.82 bits per heavy atom. The van der Waals surface area contributed by atoms with Crippen molar-refractivity contribution in [1.82, 2.24) is 5.32 Å². The summed E-state index contributed by atoms with van der Waals surface area (Å²) < 4.78 is 11.1. The summed E-state index contributed by atoms with van der Waals surface area (Å²) in [5.41, 5.74) is 2.48. The van der Waals surface area contributed by atoms with Crippen molar-refractivity contribution >= 4 is 28.8 Å². The molecule has 2 heterocycles. The Morgan fingerprint density at radius 1 is 1.06 bits per heavy atom. The highest BCUT2D eigenvalue weighted by Crippen LogP contribution is 2.38. The first-order valence-corrected chi connectivity index (χ1v) is 12.6. The minimum absolute atomic E-state index is 0.144. The first-order chi connectivity index (χ1) is 16.6. The Hall–Kier alpha value is -3.32. The van der Waals surface area contributed by atoms with Crippen LogP contribution in [-0.2, 0) is 16.0 Å². The van der Waals surface area contributed by atoms with Crippen LogP contribution in [0.1, 0.15) is 47.7 Å². The van der Waals surface area contributed by atoms with Crippen LogP contribution in [0.4, 0.5) is 5.69 Å². The zero-order chi connectivity index (χ0) is 23.5. The normalized spacial score (nSPS) is 15.8. The van der Waals surface area contributed by atoms with E-state index in [1.54, 1.807) is 17.0 Å². The highest BCUT2D eigenvalue weighted by Gasteiger charge is 2.35. The molecule has 0 bridgehead atoms. The number of rotatable bonds is 7. The van der Waals surface area contributed by atoms with Gasteiger partial charge in [0.25, 0.3) is 0 Å². The summed E-state index contributed by atoms with van der Waals surface area (Å²) in [6.07, 6.45) is 4.39. The molecule has 1 aromatic heterocycles. The van der Waals surface area contributed by atoms with E-state index in [-0.39, 0.29) is 31.1 Å². The molecule has 176 valence electrons. The van der Waals surface area contributed by atoms with Gasteiger partial charge in [0.15, 0.2) is 11.5 Å². The number of carbonyl (C=O) groups is 2. The van der Waals surface area contributed by atoms with E-state index < -0.39 is 6.04 Å². The van der Waals surface area contributed by atoms with Crippen molar-refractivity contribution in [3.8, 4) is 11.5 Å². The smallest absolute Gasteiger partial charge is 0.248 e. The second kappa shape index (κ2) is 9.89. The van der Waals surface area contributed by atoms with Gasteiger partial charge in [-0.05, 0) is 48.9 Å². The number of nitrogens with zero attached hydrogens (tertiary/aromatic N) is 1. The number of nitrogens with one attached hydrogen (secondary N) is 1. The Balaban J connectivity index is 1.56. The zero-order valence-electron chi connectivity index (χ0n) is 19.2. The largest absolute Gasteiger partial charge is 0.454 e. The van der Waals surface area contributed by atoms with E-state index in [4.69, 9.17) is 9.47 Å². The first-order valence-electron chi connectivity index (χ1n) is 11.7. The molecule has 3 aromatic rings. The SMILES string of the molecule is Cc1ccc([C@@H](C(=O)NC2CCCC2)N(C(=O)Cc2cccs2)c2ccc3c(c2)OCO3)cc1. The molecule has 1 N–H and O–H groups in total. The molecule has 0 saturated heterocycles. The van der Waals surface area contributed by atoms with E-state index in [1.807, 2.05) is 54.8 Å². The van der Waals surface area contributed by atoms with Gasteiger partial charge in [0.1, 0.15) is 6.04 Å². The minimum atomic E-state index is -0.797. The second-order valence-electron chi connectivity index (χ2n) is 8.86. The molecule has 1 atom stereocenters. The van der Waals surface area contributed by atoms with E-state index >= 15 is 0 Å². The van der Waals surface area contributed by atoms with E-state index in [2.05, 4.69) is 5.32 Å². The van der Waals surface area contributed by atoms with Gasteiger partial charge in [-0.1, -0.05) is 48.7 Å². The summed E-state index contributed by atoms with van der Waals surface area (Å²) in [5.74, 6) is 0.906. The summed E-state index contributed by atoms with van der Waals surface area (Å²) in [6.45, 7) is 2.15.